The van der Waals surface area contributed by atoms with Crippen molar-refractivity contribution in [2.75, 3.05) is 5.43 Å². The van der Waals surface area contributed by atoms with E-state index in [0.717, 1.165) is 17.8 Å². The van der Waals surface area contributed by atoms with Crippen molar-refractivity contribution in [1.82, 2.24) is 0 Å². The molecule has 0 aromatic heterocycles. The average Bonchev–Trinajstić information content (AvgIpc) is 2.15. The normalized spacial score (nSPS) is 9.46. The molecule has 0 aliphatic rings. The Morgan fingerprint density at radius 3 is 2.31 bits per heavy atom. The van der Waals surface area contributed by atoms with E-state index in [4.69, 9.17) is 0 Å². The quantitative estimate of drug-likeness (QED) is 0.555. The van der Waals surface area contributed by atoms with Gasteiger partial charge in [-0.2, -0.15) is 5.10 Å². The largest absolute Gasteiger partial charge is 0.279 e. The van der Waals surface area contributed by atoms with Crippen molar-refractivity contribution in [3.8, 4) is 0 Å². The SMILES string of the molecule is CCc1ccc(NN=C(C)C)cc1. The van der Waals surface area contributed by atoms with E-state index in [1.807, 2.05) is 26.0 Å². The van der Waals surface area contributed by atoms with Gasteiger partial charge in [-0.25, -0.2) is 0 Å². The maximum Gasteiger partial charge on any atom is 0.0561 e. The van der Waals surface area contributed by atoms with Crippen molar-refractivity contribution in [2.24, 2.45) is 5.10 Å². The van der Waals surface area contributed by atoms with E-state index in [1.54, 1.807) is 0 Å². The van der Waals surface area contributed by atoms with Crippen LogP contribution in [0.15, 0.2) is 29.4 Å². The number of anilines is 1. The van der Waals surface area contributed by atoms with Crippen LogP contribution in [0.3, 0.4) is 0 Å². The van der Waals surface area contributed by atoms with Crippen molar-refractivity contribution >= 4 is 11.4 Å². The third-order valence-electron chi connectivity index (χ3n) is 1.77. The van der Waals surface area contributed by atoms with E-state index in [1.165, 1.54) is 5.56 Å². The molecule has 1 aromatic carbocycles. The molecule has 0 radical (unpaired) electrons. The smallest absolute Gasteiger partial charge is 0.0561 e. The molecule has 2 nitrogen and oxygen atoms in total. The number of aryl methyl sites for hydroxylation is 1. The van der Waals surface area contributed by atoms with Crippen LogP contribution in [0.25, 0.3) is 0 Å². The number of nitrogens with zero attached hydrogens (tertiary/aromatic N) is 1. The van der Waals surface area contributed by atoms with Crippen molar-refractivity contribution in [3.05, 3.63) is 29.8 Å². The van der Waals surface area contributed by atoms with Crippen LogP contribution in [-0.2, 0) is 6.42 Å². The fraction of sp³-hybridized carbons (Fsp3) is 0.364. The highest BCUT2D eigenvalue weighted by Crippen LogP contribution is 2.09. The van der Waals surface area contributed by atoms with E-state index in [9.17, 15) is 0 Å². The van der Waals surface area contributed by atoms with Crippen molar-refractivity contribution in [3.63, 3.8) is 0 Å². The van der Waals surface area contributed by atoms with Crippen LogP contribution >= 0.6 is 0 Å². The summed E-state index contributed by atoms with van der Waals surface area (Å²) < 4.78 is 0. The molecule has 0 amide bonds. The minimum absolute atomic E-state index is 1.03. The first-order valence-corrected chi connectivity index (χ1v) is 4.58. The molecule has 2 heteroatoms. The minimum Gasteiger partial charge on any atom is -0.279 e. The Hall–Kier alpha value is -1.31. The monoisotopic (exact) mass is 176 g/mol. The molecule has 0 heterocycles. The Morgan fingerprint density at radius 2 is 1.85 bits per heavy atom. The maximum absolute atomic E-state index is 4.12. The van der Waals surface area contributed by atoms with Crippen molar-refractivity contribution in [2.45, 2.75) is 27.2 Å². The molecular formula is C11H16N2. The van der Waals surface area contributed by atoms with Gasteiger partial charge in [0, 0.05) is 5.71 Å². The molecule has 0 fully saturated rings. The molecule has 1 aromatic rings. The third-order valence-corrected chi connectivity index (χ3v) is 1.77. The predicted molar refractivity (Wildman–Crippen MR) is 58.2 cm³/mol. The Bertz CT molecular complexity index is 281. The lowest BCUT2D eigenvalue weighted by atomic mass is 10.2. The van der Waals surface area contributed by atoms with Gasteiger partial charge in [-0.1, -0.05) is 19.1 Å². The second-order valence-corrected chi connectivity index (χ2v) is 3.22. The number of hydrazone groups is 1. The van der Waals surface area contributed by atoms with Crippen molar-refractivity contribution < 1.29 is 0 Å². The van der Waals surface area contributed by atoms with E-state index in [0.29, 0.717) is 0 Å². The van der Waals surface area contributed by atoms with E-state index in [2.05, 4.69) is 29.6 Å². The highest BCUT2D eigenvalue weighted by atomic mass is 15.3. The lowest BCUT2D eigenvalue weighted by molar-refractivity contribution is 1.14. The first-order valence-electron chi connectivity index (χ1n) is 4.58. The number of rotatable bonds is 3. The van der Waals surface area contributed by atoms with Gasteiger partial charge < -0.3 is 0 Å². The van der Waals surface area contributed by atoms with Gasteiger partial charge in [-0.3, -0.25) is 5.43 Å². The van der Waals surface area contributed by atoms with Gasteiger partial charge in [-0.15, -0.1) is 0 Å². The van der Waals surface area contributed by atoms with Gasteiger partial charge in [0.25, 0.3) is 0 Å². The minimum atomic E-state index is 1.03. The molecule has 0 saturated carbocycles. The standard InChI is InChI=1S/C11H16N2/c1-4-10-5-7-11(8-6-10)13-12-9(2)3/h5-8,13H,4H2,1-3H3. The highest BCUT2D eigenvalue weighted by molar-refractivity contribution is 5.79. The predicted octanol–water partition coefficient (Wildman–Crippen LogP) is 3.06. The molecule has 1 rings (SSSR count). The van der Waals surface area contributed by atoms with Crippen LogP contribution in [0, 0.1) is 0 Å². The first-order chi connectivity index (χ1) is 6.22. The molecule has 0 aliphatic carbocycles. The van der Waals surface area contributed by atoms with E-state index >= 15 is 0 Å². The average molecular weight is 176 g/mol. The summed E-state index contributed by atoms with van der Waals surface area (Å²) in [7, 11) is 0. The number of hydrogen-bond donors (Lipinski definition) is 1. The van der Waals surface area contributed by atoms with Gasteiger partial charge >= 0.3 is 0 Å². The summed E-state index contributed by atoms with van der Waals surface area (Å²) in [5.74, 6) is 0. The first kappa shape index (κ1) is 9.78. The summed E-state index contributed by atoms with van der Waals surface area (Å²) in [6.07, 6.45) is 1.08. The fourth-order valence-electron chi connectivity index (χ4n) is 0.991. The topological polar surface area (TPSA) is 24.4 Å². The molecule has 70 valence electrons. The van der Waals surface area contributed by atoms with Gasteiger partial charge in [-0.05, 0) is 38.0 Å². The molecule has 0 spiro atoms. The van der Waals surface area contributed by atoms with Crippen LogP contribution < -0.4 is 5.43 Å². The number of hydrogen-bond acceptors (Lipinski definition) is 2. The summed E-state index contributed by atoms with van der Waals surface area (Å²) in [5, 5.41) is 4.12. The number of nitrogens with one attached hydrogen (secondary N) is 1. The Kier molecular flexibility index (Phi) is 3.50. The second-order valence-electron chi connectivity index (χ2n) is 3.22. The Morgan fingerprint density at radius 1 is 1.23 bits per heavy atom. The highest BCUT2D eigenvalue weighted by Gasteiger charge is 1.90. The third kappa shape index (κ3) is 3.28. The summed E-state index contributed by atoms with van der Waals surface area (Å²) in [4.78, 5) is 0. The van der Waals surface area contributed by atoms with Gasteiger partial charge in [0.15, 0.2) is 0 Å². The molecule has 0 bridgehead atoms. The van der Waals surface area contributed by atoms with Crippen LogP contribution in [0.2, 0.25) is 0 Å². The Balaban J connectivity index is 2.64. The summed E-state index contributed by atoms with van der Waals surface area (Å²) >= 11 is 0. The summed E-state index contributed by atoms with van der Waals surface area (Å²) in [5.41, 5.74) is 6.40. The number of benzene rings is 1. The Labute approximate surface area is 79.7 Å². The van der Waals surface area contributed by atoms with Crippen LogP contribution in [0.5, 0.6) is 0 Å². The van der Waals surface area contributed by atoms with Crippen molar-refractivity contribution in [1.29, 1.82) is 0 Å². The molecule has 0 aliphatic heterocycles. The zero-order chi connectivity index (χ0) is 9.68. The molecule has 0 unspecified atom stereocenters. The second kappa shape index (κ2) is 4.65. The fourth-order valence-corrected chi connectivity index (χ4v) is 0.991. The molecule has 1 N–H and O–H groups in total. The summed E-state index contributed by atoms with van der Waals surface area (Å²) in [6, 6.07) is 8.32. The molecule has 0 saturated heterocycles. The zero-order valence-electron chi connectivity index (χ0n) is 8.46. The molecule has 0 atom stereocenters. The molecular weight excluding hydrogens is 160 g/mol. The maximum atomic E-state index is 4.12. The molecule has 13 heavy (non-hydrogen) atoms. The summed E-state index contributed by atoms with van der Waals surface area (Å²) in [6.45, 7) is 6.08. The zero-order valence-corrected chi connectivity index (χ0v) is 8.46. The lowest BCUT2D eigenvalue weighted by Gasteiger charge is -2.01. The van der Waals surface area contributed by atoms with Gasteiger partial charge in [0.2, 0.25) is 0 Å². The van der Waals surface area contributed by atoms with Crippen LogP contribution in [0.1, 0.15) is 26.3 Å². The van der Waals surface area contributed by atoms with Crippen LogP contribution in [0.4, 0.5) is 5.69 Å². The van der Waals surface area contributed by atoms with E-state index in [-0.39, 0.29) is 0 Å². The van der Waals surface area contributed by atoms with E-state index < -0.39 is 0 Å². The van der Waals surface area contributed by atoms with Gasteiger partial charge in [0.05, 0.1) is 5.69 Å². The van der Waals surface area contributed by atoms with Gasteiger partial charge in [0.1, 0.15) is 0 Å². The lowest BCUT2D eigenvalue weighted by Crippen LogP contribution is -1.92. The van der Waals surface area contributed by atoms with Crippen LogP contribution in [-0.4, -0.2) is 5.71 Å².